The predicted molar refractivity (Wildman–Crippen MR) is 144 cm³/mol. The number of rotatable bonds is 10. The van der Waals surface area contributed by atoms with Crippen molar-refractivity contribution in [2.45, 2.75) is 32.4 Å². The van der Waals surface area contributed by atoms with Crippen LogP contribution in [0.2, 0.25) is 0 Å². The minimum absolute atomic E-state index is 0.114. The number of amides is 4. The van der Waals surface area contributed by atoms with Gasteiger partial charge in [0.1, 0.15) is 17.2 Å². The van der Waals surface area contributed by atoms with E-state index < -0.39 is 12.3 Å². The molecule has 1 aliphatic heterocycles. The van der Waals surface area contributed by atoms with E-state index in [0.29, 0.717) is 36.7 Å². The Bertz CT molecular complexity index is 1180. The summed E-state index contributed by atoms with van der Waals surface area (Å²) in [6.07, 6.45) is 2.12. The van der Waals surface area contributed by atoms with Gasteiger partial charge in [-0.2, -0.15) is 0 Å². The van der Waals surface area contributed by atoms with Gasteiger partial charge in [-0.25, -0.2) is 13.9 Å². The van der Waals surface area contributed by atoms with Crippen molar-refractivity contribution in [3.63, 3.8) is 0 Å². The highest BCUT2D eigenvalue weighted by molar-refractivity contribution is 7.82. The Labute approximate surface area is 216 Å². The van der Waals surface area contributed by atoms with Gasteiger partial charge in [0.2, 0.25) is 0 Å². The van der Waals surface area contributed by atoms with Gasteiger partial charge in [-0.3, -0.25) is 9.80 Å². The molecule has 188 valence electrons. The van der Waals surface area contributed by atoms with E-state index in [1.807, 2.05) is 54.6 Å². The monoisotopic (exact) mass is 506 g/mol. The molecule has 1 heterocycles. The molecule has 0 radical (unpaired) electrons. The zero-order valence-electron chi connectivity index (χ0n) is 20.1. The van der Waals surface area contributed by atoms with Crippen molar-refractivity contribution in [2.24, 2.45) is 5.73 Å². The van der Waals surface area contributed by atoms with Gasteiger partial charge >= 0.3 is 12.1 Å². The van der Waals surface area contributed by atoms with Crippen molar-refractivity contribution in [2.75, 3.05) is 22.3 Å². The molecule has 8 nitrogen and oxygen atoms in total. The first kappa shape index (κ1) is 25.2. The Hall–Kier alpha value is -3.85. The van der Waals surface area contributed by atoms with Gasteiger partial charge in [-0.05, 0) is 55.0 Å². The molecule has 3 aromatic carbocycles. The smallest absolute Gasteiger partial charge is 0.329 e. The van der Waals surface area contributed by atoms with Gasteiger partial charge in [0, 0.05) is 31.3 Å². The highest BCUT2D eigenvalue weighted by atomic mass is 32.1. The summed E-state index contributed by atoms with van der Waals surface area (Å²) in [5.41, 5.74) is 6.61. The Morgan fingerprint density at radius 1 is 1.00 bits per heavy atom. The van der Waals surface area contributed by atoms with Gasteiger partial charge in [-0.1, -0.05) is 50.4 Å². The summed E-state index contributed by atoms with van der Waals surface area (Å²) in [4.78, 5) is 28.4. The molecular formula is C27H30N4O4S. The van der Waals surface area contributed by atoms with E-state index in [9.17, 15) is 9.59 Å². The van der Waals surface area contributed by atoms with Crippen LogP contribution >= 0.6 is 12.8 Å². The standard InChI is InChI=1S/C27H30N4O4S/c1-2-3-12-25(35-24-11-7-8-21(19-24)31(36)26(28)32)30-18-17-29(27(30)33)20-13-15-23(16-14-20)34-22-9-5-4-6-10-22/h4-11,13-16,19,25,36H,2-3,12,17-18H2,1H3,(H2,28,32). The number of carbonyl (C=O) groups excluding carboxylic acids is 2. The number of ether oxygens (including phenoxy) is 2. The molecule has 0 aromatic heterocycles. The molecule has 1 saturated heterocycles. The highest BCUT2D eigenvalue weighted by Crippen LogP contribution is 2.29. The maximum absolute atomic E-state index is 13.4. The van der Waals surface area contributed by atoms with Gasteiger partial charge in [0.25, 0.3) is 0 Å². The number of para-hydroxylation sites is 1. The number of carbonyl (C=O) groups is 2. The van der Waals surface area contributed by atoms with E-state index >= 15 is 0 Å². The largest absolute Gasteiger partial charge is 0.470 e. The van der Waals surface area contributed by atoms with Crippen LogP contribution in [0.5, 0.6) is 17.2 Å². The lowest BCUT2D eigenvalue weighted by molar-refractivity contribution is 0.0579. The van der Waals surface area contributed by atoms with Crippen molar-refractivity contribution in [3.05, 3.63) is 78.9 Å². The summed E-state index contributed by atoms with van der Waals surface area (Å²) < 4.78 is 13.2. The Kier molecular flexibility index (Phi) is 8.22. The Balaban J connectivity index is 1.46. The van der Waals surface area contributed by atoms with E-state index in [4.69, 9.17) is 15.2 Å². The maximum Gasteiger partial charge on any atom is 0.329 e. The molecular weight excluding hydrogens is 476 g/mol. The number of nitrogens with zero attached hydrogens (tertiary/aromatic N) is 3. The molecule has 1 fully saturated rings. The van der Waals surface area contributed by atoms with E-state index in [1.54, 1.807) is 34.1 Å². The molecule has 0 aliphatic carbocycles. The van der Waals surface area contributed by atoms with Crippen molar-refractivity contribution < 1.29 is 19.1 Å². The number of thiol groups is 1. The molecule has 1 atom stereocenters. The van der Waals surface area contributed by atoms with Gasteiger partial charge in [0.15, 0.2) is 6.23 Å². The van der Waals surface area contributed by atoms with Crippen LogP contribution in [0, 0.1) is 0 Å². The van der Waals surface area contributed by atoms with Crippen LogP contribution in [-0.4, -0.2) is 36.3 Å². The molecule has 9 heteroatoms. The summed E-state index contributed by atoms with van der Waals surface area (Å²) in [5.74, 6) is 1.99. The number of hydrogen-bond donors (Lipinski definition) is 2. The van der Waals surface area contributed by atoms with Crippen molar-refractivity contribution >= 4 is 36.3 Å². The van der Waals surface area contributed by atoms with Crippen LogP contribution in [0.15, 0.2) is 78.9 Å². The first-order valence-corrected chi connectivity index (χ1v) is 12.3. The summed E-state index contributed by atoms with van der Waals surface area (Å²) >= 11 is 4.12. The first-order chi connectivity index (χ1) is 17.5. The normalized spacial score (nSPS) is 14.0. The highest BCUT2D eigenvalue weighted by Gasteiger charge is 2.35. The number of urea groups is 2. The molecule has 36 heavy (non-hydrogen) atoms. The third-order valence-corrected chi connectivity index (χ3v) is 6.29. The fourth-order valence-electron chi connectivity index (χ4n) is 4.01. The Morgan fingerprint density at radius 2 is 1.69 bits per heavy atom. The molecule has 4 rings (SSSR count). The van der Waals surface area contributed by atoms with E-state index in [-0.39, 0.29) is 6.03 Å². The number of nitrogens with two attached hydrogens (primary N) is 1. The summed E-state index contributed by atoms with van der Waals surface area (Å²) in [6, 6.07) is 23.2. The van der Waals surface area contributed by atoms with Crippen LogP contribution in [0.3, 0.4) is 0 Å². The van der Waals surface area contributed by atoms with Crippen LogP contribution in [-0.2, 0) is 0 Å². The summed E-state index contributed by atoms with van der Waals surface area (Å²) in [7, 11) is 0. The molecule has 0 bridgehead atoms. The molecule has 3 aromatic rings. The second kappa shape index (κ2) is 11.7. The predicted octanol–water partition coefficient (Wildman–Crippen LogP) is 6.05. The first-order valence-electron chi connectivity index (χ1n) is 11.9. The van der Waals surface area contributed by atoms with Gasteiger partial charge < -0.3 is 15.2 Å². The lowest BCUT2D eigenvalue weighted by Crippen LogP contribution is -2.42. The molecule has 1 unspecified atom stereocenters. The number of hydrogen-bond acceptors (Lipinski definition) is 5. The molecule has 4 amide bonds. The SMILES string of the molecule is CCCCC(Oc1cccc(N(S)C(N)=O)c1)N1CCN(c2ccc(Oc3ccccc3)cc2)C1=O. The summed E-state index contributed by atoms with van der Waals surface area (Å²) in [5, 5.41) is 0. The van der Waals surface area contributed by atoms with Gasteiger partial charge in [-0.15, -0.1) is 0 Å². The minimum Gasteiger partial charge on any atom is -0.470 e. The van der Waals surface area contributed by atoms with Crippen LogP contribution in [0.25, 0.3) is 0 Å². The van der Waals surface area contributed by atoms with Crippen molar-refractivity contribution in [1.29, 1.82) is 0 Å². The van der Waals surface area contributed by atoms with Crippen molar-refractivity contribution in [1.82, 2.24) is 4.90 Å². The quantitative estimate of drug-likeness (QED) is 0.328. The fraction of sp³-hybridized carbons (Fsp3) is 0.259. The van der Waals surface area contributed by atoms with Crippen LogP contribution in [0.4, 0.5) is 21.0 Å². The number of unbranched alkanes of at least 4 members (excludes halogenated alkanes) is 1. The summed E-state index contributed by atoms with van der Waals surface area (Å²) in [6.45, 7) is 3.19. The van der Waals surface area contributed by atoms with E-state index in [2.05, 4.69) is 19.7 Å². The average Bonchev–Trinajstić information content (AvgIpc) is 3.28. The molecule has 1 aliphatic rings. The second-order valence-corrected chi connectivity index (χ2v) is 8.80. The minimum atomic E-state index is -0.691. The maximum atomic E-state index is 13.4. The van der Waals surface area contributed by atoms with Crippen molar-refractivity contribution in [3.8, 4) is 17.2 Å². The third kappa shape index (κ3) is 6.04. The lowest BCUT2D eigenvalue weighted by atomic mass is 10.2. The molecule has 2 N–H and O–H groups in total. The zero-order valence-corrected chi connectivity index (χ0v) is 21.0. The topological polar surface area (TPSA) is 88.3 Å². The van der Waals surface area contributed by atoms with Gasteiger partial charge in [0.05, 0.1) is 5.69 Å². The Morgan fingerprint density at radius 3 is 2.39 bits per heavy atom. The third-order valence-electron chi connectivity index (χ3n) is 5.86. The number of primary amides is 1. The number of benzene rings is 3. The van der Waals surface area contributed by atoms with E-state index in [0.717, 1.165) is 28.6 Å². The molecule has 0 spiro atoms. The average molecular weight is 507 g/mol. The fourth-order valence-corrected chi connectivity index (χ4v) is 4.13. The zero-order chi connectivity index (χ0) is 25.5. The molecule has 0 saturated carbocycles. The second-order valence-electron chi connectivity index (χ2n) is 8.40. The number of anilines is 2. The lowest BCUT2D eigenvalue weighted by Gasteiger charge is -2.29. The van der Waals surface area contributed by atoms with E-state index in [1.165, 1.54) is 0 Å². The van der Waals surface area contributed by atoms with Crippen LogP contribution < -0.4 is 24.4 Å². The van der Waals surface area contributed by atoms with Crippen LogP contribution in [0.1, 0.15) is 26.2 Å².